The van der Waals surface area contributed by atoms with Gasteiger partial charge in [-0.25, -0.2) is 9.18 Å². The van der Waals surface area contributed by atoms with E-state index in [1.165, 1.54) is 21.9 Å². The summed E-state index contributed by atoms with van der Waals surface area (Å²) in [4.78, 5) is 27.2. The summed E-state index contributed by atoms with van der Waals surface area (Å²) < 4.78 is 46.7. The summed E-state index contributed by atoms with van der Waals surface area (Å²) in [6, 6.07) is 11.2. The van der Waals surface area contributed by atoms with Gasteiger partial charge in [-0.3, -0.25) is 13.9 Å². The molecule has 0 bridgehead atoms. The molecule has 1 fully saturated rings. The lowest BCUT2D eigenvalue weighted by Gasteiger charge is -2.19. The molecule has 0 N–H and O–H groups in total. The molecular weight excluding hydrogens is 403 g/mol. The lowest BCUT2D eigenvalue weighted by molar-refractivity contribution is 0.0995. The fraction of sp³-hybridized carbons (Fsp3) is 0.263. The van der Waals surface area contributed by atoms with Crippen molar-refractivity contribution >= 4 is 33.5 Å². The average molecular weight is 420 g/mol. The molecule has 152 valence electrons. The van der Waals surface area contributed by atoms with Gasteiger partial charge in [-0.2, -0.15) is 8.42 Å². The third-order valence-corrected chi connectivity index (χ3v) is 5.26. The van der Waals surface area contributed by atoms with Gasteiger partial charge in [0.05, 0.1) is 30.7 Å². The molecule has 4 rings (SSSR count). The highest BCUT2D eigenvalue weighted by Gasteiger charge is 2.35. The summed E-state index contributed by atoms with van der Waals surface area (Å²) in [7, 11) is -3.67. The van der Waals surface area contributed by atoms with Gasteiger partial charge in [0.15, 0.2) is 0 Å². The number of hydrogen-bond donors (Lipinski definition) is 0. The number of carbonyl (C=O) groups is 2. The van der Waals surface area contributed by atoms with Crippen molar-refractivity contribution in [2.24, 2.45) is 0 Å². The van der Waals surface area contributed by atoms with Gasteiger partial charge in [0, 0.05) is 5.56 Å². The van der Waals surface area contributed by atoms with Crippen molar-refractivity contribution in [2.75, 3.05) is 29.2 Å². The van der Waals surface area contributed by atoms with Crippen LogP contribution in [0.25, 0.3) is 0 Å². The predicted molar refractivity (Wildman–Crippen MR) is 102 cm³/mol. The molecule has 0 saturated carbocycles. The number of cyclic esters (lactones) is 1. The molecule has 10 heteroatoms. The number of carbonyl (C=O) groups excluding carboxylic acids is 2. The summed E-state index contributed by atoms with van der Waals surface area (Å²) in [6.45, 7) is -0.0364. The van der Waals surface area contributed by atoms with Gasteiger partial charge in [-0.15, -0.1) is 0 Å². The Morgan fingerprint density at radius 2 is 1.93 bits per heavy atom. The minimum Gasteiger partial charge on any atom is -0.441 e. The van der Waals surface area contributed by atoms with Crippen LogP contribution in [0.1, 0.15) is 15.9 Å². The van der Waals surface area contributed by atoms with E-state index >= 15 is 0 Å². The zero-order valence-electron chi connectivity index (χ0n) is 15.4. The Hall–Kier alpha value is -2.98. The van der Waals surface area contributed by atoms with E-state index in [0.717, 1.165) is 17.9 Å². The predicted octanol–water partition coefficient (Wildman–Crippen LogP) is 2.29. The quantitative estimate of drug-likeness (QED) is 0.689. The van der Waals surface area contributed by atoms with E-state index in [-0.39, 0.29) is 37.0 Å². The number of nitrogens with zero attached hydrogens (tertiary/aromatic N) is 2. The first kappa shape index (κ1) is 19.3. The van der Waals surface area contributed by atoms with Crippen LogP contribution in [0.5, 0.6) is 0 Å². The summed E-state index contributed by atoms with van der Waals surface area (Å²) >= 11 is 0. The maximum Gasteiger partial charge on any atom is 0.414 e. The Balaban J connectivity index is 1.51. The fourth-order valence-corrected chi connectivity index (χ4v) is 3.75. The summed E-state index contributed by atoms with van der Waals surface area (Å²) in [5.41, 5.74) is 1.70. The van der Waals surface area contributed by atoms with Crippen LogP contribution >= 0.6 is 0 Å². The number of fused-ring (bicyclic) bond motifs is 1. The molecule has 2 aliphatic heterocycles. The van der Waals surface area contributed by atoms with Crippen LogP contribution in [0.3, 0.4) is 0 Å². The largest absolute Gasteiger partial charge is 0.441 e. The smallest absolute Gasteiger partial charge is 0.414 e. The van der Waals surface area contributed by atoms with E-state index in [0.29, 0.717) is 5.56 Å². The SMILES string of the molecule is CS(=O)(=O)OC[C@H]1CN(c2ccc(N3Cc4ccccc4C3=O)c(F)c2)C(=O)O1. The summed E-state index contributed by atoms with van der Waals surface area (Å²) in [5.74, 6) is -0.946. The maximum atomic E-state index is 14.8. The third-order valence-electron chi connectivity index (χ3n) is 4.70. The van der Waals surface area contributed by atoms with Crippen molar-refractivity contribution in [3.05, 3.63) is 59.4 Å². The van der Waals surface area contributed by atoms with Crippen LogP contribution in [0.15, 0.2) is 42.5 Å². The van der Waals surface area contributed by atoms with Crippen molar-refractivity contribution in [2.45, 2.75) is 12.6 Å². The van der Waals surface area contributed by atoms with Crippen LogP contribution in [0, 0.1) is 5.82 Å². The zero-order chi connectivity index (χ0) is 20.8. The van der Waals surface area contributed by atoms with Gasteiger partial charge in [-0.1, -0.05) is 18.2 Å². The molecule has 0 aliphatic carbocycles. The summed E-state index contributed by atoms with van der Waals surface area (Å²) in [5, 5.41) is 0. The van der Waals surface area contributed by atoms with Crippen molar-refractivity contribution < 1.29 is 31.3 Å². The lowest BCUT2D eigenvalue weighted by atomic mass is 10.1. The molecule has 2 aromatic rings. The maximum absolute atomic E-state index is 14.8. The molecule has 2 aromatic carbocycles. The number of hydrogen-bond acceptors (Lipinski definition) is 6. The monoisotopic (exact) mass is 420 g/mol. The topological polar surface area (TPSA) is 93.2 Å². The van der Waals surface area contributed by atoms with Gasteiger partial charge >= 0.3 is 6.09 Å². The average Bonchev–Trinajstić information content (AvgIpc) is 3.20. The van der Waals surface area contributed by atoms with Crippen molar-refractivity contribution in [3.8, 4) is 0 Å². The molecule has 0 unspecified atom stereocenters. The minimum atomic E-state index is -3.67. The molecule has 1 atom stereocenters. The van der Waals surface area contributed by atoms with Crippen molar-refractivity contribution in [1.82, 2.24) is 0 Å². The molecule has 0 radical (unpaired) electrons. The van der Waals surface area contributed by atoms with E-state index in [1.807, 2.05) is 12.1 Å². The van der Waals surface area contributed by atoms with Gasteiger partial charge < -0.3 is 9.64 Å². The minimum absolute atomic E-state index is 0.0151. The Labute approximate surface area is 166 Å². The normalized spacial score (nSPS) is 18.9. The molecular formula is C19H17FN2O6S. The van der Waals surface area contributed by atoms with Gasteiger partial charge in [0.25, 0.3) is 16.0 Å². The first-order chi connectivity index (χ1) is 13.7. The second-order valence-corrected chi connectivity index (χ2v) is 8.43. The van der Waals surface area contributed by atoms with E-state index in [2.05, 4.69) is 4.18 Å². The molecule has 0 aromatic heterocycles. The Morgan fingerprint density at radius 3 is 2.62 bits per heavy atom. The Kier molecular flexibility index (Phi) is 4.75. The second-order valence-electron chi connectivity index (χ2n) is 6.79. The highest BCUT2D eigenvalue weighted by atomic mass is 32.2. The summed E-state index contributed by atoms with van der Waals surface area (Å²) in [6.07, 6.45) is -0.633. The van der Waals surface area contributed by atoms with Gasteiger partial charge in [0.1, 0.15) is 18.5 Å². The molecule has 0 spiro atoms. The first-order valence-electron chi connectivity index (χ1n) is 8.75. The lowest BCUT2D eigenvalue weighted by Crippen LogP contribution is -2.27. The molecule has 2 heterocycles. The van der Waals surface area contributed by atoms with Crippen LogP contribution in [0.2, 0.25) is 0 Å². The number of ether oxygens (including phenoxy) is 1. The zero-order valence-corrected chi connectivity index (χ0v) is 16.2. The van der Waals surface area contributed by atoms with Gasteiger partial charge in [0.2, 0.25) is 0 Å². The Bertz CT molecular complexity index is 1100. The molecule has 1 saturated heterocycles. The van der Waals surface area contributed by atoms with Crippen LogP contribution in [0.4, 0.5) is 20.6 Å². The van der Waals surface area contributed by atoms with Crippen LogP contribution in [-0.2, 0) is 25.6 Å². The number of amides is 2. The molecule has 29 heavy (non-hydrogen) atoms. The highest BCUT2D eigenvalue weighted by Crippen LogP contribution is 2.33. The third kappa shape index (κ3) is 3.81. The van der Waals surface area contributed by atoms with E-state index < -0.39 is 28.1 Å². The van der Waals surface area contributed by atoms with E-state index in [1.54, 1.807) is 12.1 Å². The fourth-order valence-electron chi connectivity index (χ4n) is 3.35. The molecule has 8 nitrogen and oxygen atoms in total. The van der Waals surface area contributed by atoms with Crippen molar-refractivity contribution in [3.63, 3.8) is 0 Å². The Morgan fingerprint density at radius 1 is 1.17 bits per heavy atom. The standard InChI is InChI=1S/C19H17FN2O6S/c1-29(25,26)27-11-14-10-21(19(24)28-14)13-6-7-17(16(20)8-13)22-9-12-4-2-3-5-15(12)18(22)23/h2-8,14H,9-11H2,1H3/t14-/m1/s1. The molecule has 2 amide bonds. The van der Waals surface area contributed by atoms with Crippen LogP contribution < -0.4 is 9.80 Å². The first-order valence-corrected chi connectivity index (χ1v) is 10.6. The van der Waals surface area contributed by atoms with Crippen LogP contribution in [-0.4, -0.2) is 45.9 Å². The number of rotatable bonds is 5. The van der Waals surface area contributed by atoms with Crippen molar-refractivity contribution in [1.29, 1.82) is 0 Å². The highest BCUT2D eigenvalue weighted by molar-refractivity contribution is 7.85. The van der Waals surface area contributed by atoms with E-state index in [9.17, 15) is 22.4 Å². The molecule has 2 aliphatic rings. The number of anilines is 2. The number of benzene rings is 2. The van der Waals surface area contributed by atoms with Gasteiger partial charge in [-0.05, 0) is 29.8 Å². The number of halogens is 1. The second kappa shape index (κ2) is 7.12. The van der Waals surface area contributed by atoms with E-state index in [4.69, 9.17) is 4.74 Å².